The van der Waals surface area contributed by atoms with E-state index in [1.807, 2.05) is 19.0 Å². The van der Waals surface area contributed by atoms with E-state index in [-0.39, 0.29) is 16.5 Å². The van der Waals surface area contributed by atoms with E-state index < -0.39 is 21.8 Å². The molecule has 0 aliphatic heterocycles. The van der Waals surface area contributed by atoms with Crippen molar-refractivity contribution >= 4 is 15.5 Å². The summed E-state index contributed by atoms with van der Waals surface area (Å²) in [6.07, 6.45) is -2.66. The highest BCUT2D eigenvalue weighted by atomic mass is 32.2. The number of hydrogen-bond donors (Lipinski definition) is 0. The minimum absolute atomic E-state index is 0.0158. The lowest BCUT2D eigenvalue weighted by molar-refractivity contribution is -0.144. The Morgan fingerprint density at radius 2 is 1.68 bits per heavy atom. The lowest BCUT2D eigenvalue weighted by Gasteiger charge is -2.12. The van der Waals surface area contributed by atoms with E-state index in [2.05, 4.69) is 15.1 Å². The molecule has 0 saturated heterocycles. The van der Waals surface area contributed by atoms with Crippen LogP contribution in [0.25, 0.3) is 17.2 Å². The van der Waals surface area contributed by atoms with Crippen LogP contribution in [0.5, 0.6) is 0 Å². The van der Waals surface area contributed by atoms with Gasteiger partial charge in [0.2, 0.25) is 0 Å². The summed E-state index contributed by atoms with van der Waals surface area (Å²) in [5, 5.41) is 3.54. The molecule has 0 aliphatic carbocycles. The van der Waals surface area contributed by atoms with Crippen LogP contribution in [0.2, 0.25) is 0 Å². The Hall–Kier alpha value is -2.95. The monoisotopic (exact) mass is 411 g/mol. The molecule has 2 heterocycles. The maximum Gasteiger partial charge on any atom is 0.453 e. The zero-order valence-electron chi connectivity index (χ0n) is 15.1. The summed E-state index contributed by atoms with van der Waals surface area (Å²) >= 11 is 0. The quantitative estimate of drug-likeness (QED) is 0.657. The summed E-state index contributed by atoms with van der Waals surface area (Å²) in [4.78, 5) is 9.37. The zero-order chi connectivity index (χ0) is 20.7. The van der Waals surface area contributed by atoms with Crippen LogP contribution in [0.4, 0.5) is 18.9 Å². The predicted molar refractivity (Wildman–Crippen MR) is 97.0 cm³/mol. The zero-order valence-corrected chi connectivity index (χ0v) is 16.0. The molecule has 0 unspecified atom stereocenters. The van der Waals surface area contributed by atoms with Gasteiger partial charge in [0.25, 0.3) is 5.82 Å². The summed E-state index contributed by atoms with van der Waals surface area (Å²) in [5.41, 5.74) is 1.27. The Balaban J connectivity index is 2.13. The fourth-order valence-electron chi connectivity index (χ4n) is 2.40. The third-order valence-corrected chi connectivity index (χ3v) is 4.97. The number of pyridine rings is 1. The second-order valence-electron chi connectivity index (χ2n) is 6.23. The molecular weight excluding hydrogens is 395 g/mol. The highest BCUT2D eigenvalue weighted by Crippen LogP contribution is 2.30. The molecule has 0 amide bonds. The van der Waals surface area contributed by atoms with Gasteiger partial charge in [-0.3, -0.25) is 0 Å². The molecule has 148 valence electrons. The van der Waals surface area contributed by atoms with E-state index in [4.69, 9.17) is 0 Å². The topological polar surface area (TPSA) is 81.0 Å². The van der Waals surface area contributed by atoms with Crippen LogP contribution in [0, 0.1) is 0 Å². The summed E-state index contributed by atoms with van der Waals surface area (Å²) in [6.45, 7) is 0. The summed E-state index contributed by atoms with van der Waals surface area (Å²) in [5.74, 6) is -1.35. The van der Waals surface area contributed by atoms with Crippen molar-refractivity contribution in [2.45, 2.75) is 11.1 Å². The van der Waals surface area contributed by atoms with E-state index in [9.17, 15) is 21.6 Å². The van der Waals surface area contributed by atoms with E-state index in [0.717, 1.165) is 22.8 Å². The number of benzene rings is 1. The Labute approximate surface area is 159 Å². The first-order chi connectivity index (χ1) is 13.0. The van der Waals surface area contributed by atoms with Crippen LogP contribution in [0.15, 0.2) is 47.5 Å². The number of nitrogens with zero attached hydrogens (tertiary/aromatic N) is 5. The lowest BCUT2D eigenvalue weighted by atomic mass is 10.2. The van der Waals surface area contributed by atoms with Crippen LogP contribution < -0.4 is 4.90 Å². The first-order valence-corrected chi connectivity index (χ1v) is 9.84. The molecule has 2 aromatic heterocycles. The SMILES string of the molecule is CN(C)c1ccc(-c2nc(C(F)(F)F)nn2-c2ccc(S(C)(=O)=O)cn2)cc1. The smallest absolute Gasteiger partial charge is 0.378 e. The average molecular weight is 411 g/mol. The molecule has 0 radical (unpaired) electrons. The Kier molecular flexibility index (Phi) is 4.88. The second-order valence-corrected chi connectivity index (χ2v) is 8.25. The van der Waals surface area contributed by atoms with Gasteiger partial charge in [0.05, 0.1) is 4.90 Å². The number of anilines is 1. The van der Waals surface area contributed by atoms with E-state index in [1.54, 1.807) is 24.3 Å². The minimum Gasteiger partial charge on any atom is -0.378 e. The first kappa shape index (κ1) is 19.8. The predicted octanol–water partition coefficient (Wildman–Crippen LogP) is 2.82. The van der Waals surface area contributed by atoms with Crippen molar-refractivity contribution in [2.75, 3.05) is 25.3 Å². The van der Waals surface area contributed by atoms with Crippen molar-refractivity contribution in [1.82, 2.24) is 19.7 Å². The van der Waals surface area contributed by atoms with Gasteiger partial charge < -0.3 is 4.90 Å². The third-order valence-electron chi connectivity index (χ3n) is 3.87. The molecular formula is C17H16F3N5O2S. The number of alkyl halides is 3. The molecule has 1 aromatic carbocycles. The molecule has 0 N–H and O–H groups in total. The second kappa shape index (κ2) is 6.89. The van der Waals surface area contributed by atoms with Crippen LogP contribution in [0.1, 0.15) is 5.82 Å². The van der Waals surface area contributed by atoms with E-state index in [1.165, 1.54) is 12.1 Å². The van der Waals surface area contributed by atoms with Gasteiger partial charge in [0.15, 0.2) is 21.5 Å². The number of hydrogen-bond acceptors (Lipinski definition) is 6. The maximum absolute atomic E-state index is 13.2. The van der Waals surface area contributed by atoms with E-state index >= 15 is 0 Å². The number of rotatable bonds is 4. The van der Waals surface area contributed by atoms with Crippen LogP contribution >= 0.6 is 0 Å². The standard InChI is InChI=1S/C17H16F3N5O2S/c1-24(2)12-6-4-11(5-7-12)15-22-16(17(18,19)20)23-25(15)14-9-8-13(10-21-14)28(3,26)27/h4-10H,1-3H3. The fraction of sp³-hybridized carbons (Fsp3) is 0.235. The molecule has 7 nitrogen and oxygen atoms in total. The lowest BCUT2D eigenvalue weighted by Crippen LogP contribution is -2.09. The molecule has 11 heteroatoms. The van der Waals surface area contributed by atoms with Gasteiger partial charge in [0, 0.05) is 37.8 Å². The third kappa shape index (κ3) is 3.98. The Bertz CT molecular complexity index is 1090. The normalized spacial score (nSPS) is 12.2. The summed E-state index contributed by atoms with van der Waals surface area (Å²) in [7, 11) is 0.192. The molecule has 0 atom stereocenters. The van der Waals surface area contributed by atoms with Gasteiger partial charge in [0.1, 0.15) is 0 Å². The van der Waals surface area contributed by atoms with Crippen molar-refractivity contribution in [1.29, 1.82) is 0 Å². The highest BCUT2D eigenvalue weighted by molar-refractivity contribution is 7.90. The molecule has 0 saturated carbocycles. The van der Waals surface area contributed by atoms with Crippen LogP contribution in [0.3, 0.4) is 0 Å². The summed E-state index contributed by atoms with van der Waals surface area (Å²) in [6, 6.07) is 9.26. The minimum atomic E-state index is -4.74. The molecule has 0 fully saturated rings. The number of aromatic nitrogens is 4. The number of halogens is 3. The highest BCUT2D eigenvalue weighted by Gasteiger charge is 2.37. The van der Waals surface area contributed by atoms with Gasteiger partial charge in [-0.15, -0.1) is 5.10 Å². The molecule has 3 rings (SSSR count). The Morgan fingerprint density at radius 3 is 2.14 bits per heavy atom. The largest absolute Gasteiger partial charge is 0.453 e. The van der Waals surface area contributed by atoms with Gasteiger partial charge in [-0.25, -0.2) is 18.4 Å². The fourth-order valence-corrected chi connectivity index (χ4v) is 2.96. The number of sulfone groups is 1. The van der Waals surface area contributed by atoms with Crippen molar-refractivity contribution in [3.8, 4) is 17.2 Å². The molecule has 3 aromatic rings. The van der Waals surface area contributed by atoms with Crippen molar-refractivity contribution in [3.63, 3.8) is 0 Å². The van der Waals surface area contributed by atoms with Crippen molar-refractivity contribution < 1.29 is 21.6 Å². The molecule has 0 bridgehead atoms. The van der Waals surface area contributed by atoms with Gasteiger partial charge >= 0.3 is 6.18 Å². The van der Waals surface area contributed by atoms with E-state index in [0.29, 0.717) is 5.56 Å². The van der Waals surface area contributed by atoms with Gasteiger partial charge in [-0.1, -0.05) is 0 Å². The van der Waals surface area contributed by atoms with Gasteiger partial charge in [-0.2, -0.15) is 17.9 Å². The van der Waals surface area contributed by atoms with Crippen molar-refractivity contribution in [2.24, 2.45) is 0 Å². The van der Waals surface area contributed by atoms with Gasteiger partial charge in [-0.05, 0) is 36.4 Å². The van der Waals surface area contributed by atoms with Crippen LogP contribution in [-0.2, 0) is 16.0 Å². The molecule has 0 aliphatic rings. The molecule has 0 spiro atoms. The maximum atomic E-state index is 13.2. The first-order valence-electron chi connectivity index (χ1n) is 7.95. The molecule has 28 heavy (non-hydrogen) atoms. The van der Waals surface area contributed by atoms with Crippen LogP contribution in [-0.4, -0.2) is 48.5 Å². The summed E-state index contributed by atoms with van der Waals surface area (Å²) < 4.78 is 63.5. The Morgan fingerprint density at radius 1 is 1.04 bits per heavy atom. The van der Waals surface area contributed by atoms with Crippen molar-refractivity contribution in [3.05, 3.63) is 48.4 Å². The average Bonchev–Trinajstić information content (AvgIpc) is 3.07.